The fraction of sp³-hybridized carbons (Fsp3) is 0.500. The second-order valence-corrected chi connectivity index (χ2v) is 4.15. The fourth-order valence-electron chi connectivity index (χ4n) is 1.49. The number of aromatic nitrogens is 1. The molecule has 3 nitrogen and oxygen atoms in total. The van der Waals surface area contributed by atoms with Gasteiger partial charge in [-0.25, -0.2) is 0 Å². The highest BCUT2D eigenvalue weighted by Crippen LogP contribution is 2.28. The van der Waals surface area contributed by atoms with Gasteiger partial charge in [-0.15, -0.1) is 0 Å². The van der Waals surface area contributed by atoms with Gasteiger partial charge in [0.1, 0.15) is 6.04 Å². The van der Waals surface area contributed by atoms with Crippen LogP contribution in [0.1, 0.15) is 30.1 Å². The SMILES string of the molecule is Cc1ccc(C(C#N)NCC2CC2)cn1. The van der Waals surface area contributed by atoms with Crippen LogP contribution in [0.2, 0.25) is 0 Å². The fourth-order valence-corrected chi connectivity index (χ4v) is 1.49. The molecule has 1 aliphatic rings. The zero-order chi connectivity index (χ0) is 10.7. The average molecular weight is 201 g/mol. The third-order valence-corrected chi connectivity index (χ3v) is 2.70. The summed E-state index contributed by atoms with van der Waals surface area (Å²) < 4.78 is 0. The van der Waals surface area contributed by atoms with Crippen molar-refractivity contribution in [2.45, 2.75) is 25.8 Å². The Morgan fingerprint density at radius 3 is 2.93 bits per heavy atom. The summed E-state index contributed by atoms with van der Waals surface area (Å²) in [4.78, 5) is 4.20. The zero-order valence-electron chi connectivity index (χ0n) is 8.90. The number of pyridine rings is 1. The smallest absolute Gasteiger partial charge is 0.122 e. The number of nitriles is 1. The number of nitrogens with one attached hydrogen (secondary N) is 1. The van der Waals surface area contributed by atoms with E-state index in [-0.39, 0.29) is 6.04 Å². The van der Waals surface area contributed by atoms with Crippen LogP contribution in [-0.4, -0.2) is 11.5 Å². The lowest BCUT2D eigenvalue weighted by Crippen LogP contribution is -2.22. The van der Waals surface area contributed by atoms with Crippen molar-refractivity contribution >= 4 is 0 Å². The minimum absolute atomic E-state index is 0.210. The van der Waals surface area contributed by atoms with Crippen LogP contribution < -0.4 is 5.32 Å². The maximum absolute atomic E-state index is 9.04. The van der Waals surface area contributed by atoms with Gasteiger partial charge >= 0.3 is 0 Å². The van der Waals surface area contributed by atoms with Gasteiger partial charge in [-0.05, 0) is 38.3 Å². The molecule has 1 unspecified atom stereocenters. The van der Waals surface area contributed by atoms with Gasteiger partial charge in [0.05, 0.1) is 6.07 Å². The zero-order valence-corrected chi connectivity index (χ0v) is 8.90. The molecule has 3 heteroatoms. The van der Waals surface area contributed by atoms with Crippen LogP contribution in [0.15, 0.2) is 18.3 Å². The Morgan fingerprint density at radius 1 is 1.60 bits per heavy atom. The molecule has 1 atom stereocenters. The molecule has 1 aromatic heterocycles. The van der Waals surface area contributed by atoms with Crippen molar-refractivity contribution < 1.29 is 0 Å². The molecular formula is C12H15N3. The van der Waals surface area contributed by atoms with E-state index in [0.29, 0.717) is 0 Å². The Bertz CT molecular complexity index is 359. The molecule has 1 aromatic rings. The first-order valence-corrected chi connectivity index (χ1v) is 5.35. The number of nitrogens with zero attached hydrogens (tertiary/aromatic N) is 2. The summed E-state index contributed by atoms with van der Waals surface area (Å²) in [6, 6.07) is 5.97. The molecule has 1 aliphatic carbocycles. The van der Waals surface area contributed by atoms with Crippen LogP contribution in [0.25, 0.3) is 0 Å². The maximum Gasteiger partial charge on any atom is 0.122 e. The van der Waals surface area contributed by atoms with Crippen molar-refractivity contribution in [1.29, 1.82) is 5.26 Å². The molecule has 0 saturated heterocycles. The van der Waals surface area contributed by atoms with E-state index in [0.717, 1.165) is 23.7 Å². The van der Waals surface area contributed by atoms with Gasteiger partial charge in [-0.2, -0.15) is 5.26 Å². The normalized spacial score (nSPS) is 17.1. The number of aryl methyl sites for hydroxylation is 1. The van der Waals surface area contributed by atoms with E-state index in [9.17, 15) is 0 Å². The summed E-state index contributed by atoms with van der Waals surface area (Å²) >= 11 is 0. The van der Waals surface area contributed by atoms with E-state index in [4.69, 9.17) is 5.26 Å². The predicted molar refractivity (Wildman–Crippen MR) is 58.1 cm³/mol. The topological polar surface area (TPSA) is 48.7 Å². The van der Waals surface area contributed by atoms with Gasteiger partial charge < -0.3 is 0 Å². The number of hydrogen-bond donors (Lipinski definition) is 1. The molecule has 0 amide bonds. The predicted octanol–water partition coefficient (Wildman–Crippen LogP) is 1.95. The van der Waals surface area contributed by atoms with Crippen molar-refractivity contribution in [3.63, 3.8) is 0 Å². The first-order chi connectivity index (χ1) is 7.29. The van der Waals surface area contributed by atoms with Gasteiger partial charge in [0, 0.05) is 17.5 Å². The largest absolute Gasteiger partial charge is 0.298 e. The minimum Gasteiger partial charge on any atom is -0.298 e. The standard InChI is InChI=1S/C12H15N3/c1-9-2-5-11(8-14-9)12(6-13)15-7-10-3-4-10/h2,5,8,10,12,15H,3-4,7H2,1H3. The summed E-state index contributed by atoms with van der Waals surface area (Å²) in [6.07, 6.45) is 4.39. The molecule has 15 heavy (non-hydrogen) atoms. The first kappa shape index (κ1) is 10.1. The Morgan fingerprint density at radius 2 is 2.40 bits per heavy atom. The van der Waals surface area contributed by atoms with Gasteiger partial charge in [0.15, 0.2) is 0 Å². The molecule has 0 aromatic carbocycles. The van der Waals surface area contributed by atoms with E-state index in [1.807, 2.05) is 19.1 Å². The molecule has 1 N–H and O–H groups in total. The first-order valence-electron chi connectivity index (χ1n) is 5.35. The second kappa shape index (κ2) is 4.41. The van der Waals surface area contributed by atoms with E-state index in [2.05, 4.69) is 16.4 Å². The second-order valence-electron chi connectivity index (χ2n) is 4.15. The molecule has 1 fully saturated rings. The molecular weight excluding hydrogens is 186 g/mol. The van der Waals surface area contributed by atoms with E-state index in [1.165, 1.54) is 12.8 Å². The highest BCUT2D eigenvalue weighted by Gasteiger charge is 2.22. The van der Waals surface area contributed by atoms with Gasteiger partial charge in [-0.3, -0.25) is 10.3 Å². The van der Waals surface area contributed by atoms with Crippen molar-refractivity contribution in [1.82, 2.24) is 10.3 Å². The molecule has 0 aliphatic heterocycles. The monoisotopic (exact) mass is 201 g/mol. The molecule has 1 heterocycles. The summed E-state index contributed by atoms with van der Waals surface area (Å²) in [5, 5.41) is 12.3. The van der Waals surface area contributed by atoms with E-state index < -0.39 is 0 Å². The number of hydrogen-bond acceptors (Lipinski definition) is 3. The van der Waals surface area contributed by atoms with Crippen molar-refractivity contribution in [2.75, 3.05) is 6.54 Å². The summed E-state index contributed by atoms with van der Waals surface area (Å²) in [5.41, 5.74) is 1.95. The van der Waals surface area contributed by atoms with Crippen LogP contribution in [0, 0.1) is 24.2 Å². The lowest BCUT2D eigenvalue weighted by molar-refractivity contribution is 0.591. The van der Waals surface area contributed by atoms with Crippen LogP contribution in [0.5, 0.6) is 0 Å². The van der Waals surface area contributed by atoms with Crippen LogP contribution >= 0.6 is 0 Å². The minimum atomic E-state index is -0.210. The Kier molecular flexibility index (Phi) is 2.98. The third kappa shape index (κ3) is 2.77. The molecule has 0 bridgehead atoms. The van der Waals surface area contributed by atoms with Crippen LogP contribution in [0.4, 0.5) is 0 Å². The molecule has 2 rings (SSSR count). The lowest BCUT2D eigenvalue weighted by Gasteiger charge is -2.10. The van der Waals surface area contributed by atoms with E-state index >= 15 is 0 Å². The molecule has 0 radical (unpaired) electrons. The van der Waals surface area contributed by atoms with Crippen molar-refractivity contribution in [3.05, 3.63) is 29.6 Å². The van der Waals surface area contributed by atoms with E-state index in [1.54, 1.807) is 6.20 Å². The van der Waals surface area contributed by atoms with Gasteiger partial charge in [0.2, 0.25) is 0 Å². The number of rotatable bonds is 4. The van der Waals surface area contributed by atoms with Crippen LogP contribution in [-0.2, 0) is 0 Å². The Hall–Kier alpha value is -1.40. The highest BCUT2D eigenvalue weighted by atomic mass is 14.9. The quantitative estimate of drug-likeness (QED) is 0.810. The maximum atomic E-state index is 9.04. The van der Waals surface area contributed by atoms with Crippen molar-refractivity contribution in [3.8, 4) is 6.07 Å². The highest BCUT2D eigenvalue weighted by molar-refractivity contribution is 5.22. The van der Waals surface area contributed by atoms with Gasteiger partial charge in [0.25, 0.3) is 0 Å². The summed E-state index contributed by atoms with van der Waals surface area (Å²) in [5.74, 6) is 0.791. The van der Waals surface area contributed by atoms with Gasteiger partial charge in [-0.1, -0.05) is 6.07 Å². The average Bonchev–Trinajstić information content (AvgIpc) is 3.05. The summed E-state index contributed by atoms with van der Waals surface area (Å²) in [6.45, 7) is 2.90. The van der Waals surface area contributed by atoms with Crippen molar-refractivity contribution in [2.24, 2.45) is 5.92 Å². The summed E-state index contributed by atoms with van der Waals surface area (Å²) in [7, 11) is 0. The van der Waals surface area contributed by atoms with Crippen LogP contribution in [0.3, 0.4) is 0 Å². The Balaban J connectivity index is 1.98. The Labute approximate surface area is 90.1 Å². The molecule has 1 saturated carbocycles. The lowest BCUT2D eigenvalue weighted by atomic mass is 10.1. The molecule has 78 valence electrons. The molecule has 0 spiro atoms. The third-order valence-electron chi connectivity index (χ3n) is 2.70.